The Labute approximate surface area is 116 Å². The first-order valence-electron chi connectivity index (χ1n) is 5.63. The molecule has 0 aromatic heterocycles. The molecule has 0 amide bonds. The molecule has 0 unspecified atom stereocenters. The highest BCUT2D eigenvalue weighted by Crippen LogP contribution is 2.21. The number of hydrogen-bond donors (Lipinski definition) is 0. The minimum atomic E-state index is -1.03. The van der Waals surface area contributed by atoms with E-state index in [1.807, 2.05) is 12.1 Å². The van der Waals surface area contributed by atoms with E-state index in [9.17, 15) is 9.59 Å². The quantitative estimate of drug-likeness (QED) is 0.764. The average Bonchev–Trinajstić information content (AvgIpc) is 2.49. The van der Waals surface area contributed by atoms with Gasteiger partial charge in [-0.05, 0) is 11.1 Å². The highest BCUT2D eigenvalue weighted by Gasteiger charge is 2.23. The fraction of sp³-hybridized carbons (Fsp3) is 0.286. The molecule has 6 nitrogen and oxygen atoms in total. The monoisotopic (exact) mass is 272 g/mol. The molecule has 0 spiro atoms. The second kappa shape index (κ2) is 6.91. The highest BCUT2D eigenvalue weighted by atomic mass is 16.5. The standard InChI is InChI=1S/C14H12N2O4/c1-19-13(17)11(7-15)9-3-5-10(6-4-9)12(8-16)14(18)20-2/h3-6,11-12H,1-2H3/t11-,12-/m0/s1. The first kappa shape index (κ1) is 15.2. The topological polar surface area (TPSA) is 100 Å². The average molecular weight is 272 g/mol. The van der Waals surface area contributed by atoms with Crippen molar-refractivity contribution in [1.82, 2.24) is 0 Å². The number of nitriles is 2. The Bertz CT molecular complexity index is 528. The van der Waals surface area contributed by atoms with Gasteiger partial charge in [-0.25, -0.2) is 0 Å². The van der Waals surface area contributed by atoms with E-state index in [-0.39, 0.29) is 0 Å². The molecule has 0 N–H and O–H groups in total. The number of carbonyl (C=O) groups is 2. The third-order valence-corrected chi connectivity index (χ3v) is 2.74. The molecule has 1 rings (SSSR count). The molecular weight excluding hydrogens is 260 g/mol. The lowest BCUT2D eigenvalue weighted by molar-refractivity contribution is -0.141. The van der Waals surface area contributed by atoms with Crippen molar-refractivity contribution in [3.63, 3.8) is 0 Å². The molecule has 102 valence electrons. The van der Waals surface area contributed by atoms with Crippen LogP contribution in [0.2, 0.25) is 0 Å². The number of hydrogen-bond acceptors (Lipinski definition) is 6. The molecule has 1 aromatic rings. The number of rotatable bonds is 4. The molecule has 0 bridgehead atoms. The van der Waals surface area contributed by atoms with Gasteiger partial charge in [0.1, 0.15) is 0 Å². The molecular formula is C14H12N2O4. The Morgan fingerprint density at radius 2 is 1.20 bits per heavy atom. The minimum Gasteiger partial charge on any atom is -0.468 e. The molecule has 20 heavy (non-hydrogen) atoms. The third kappa shape index (κ3) is 3.12. The number of nitrogens with zero attached hydrogens (tertiary/aromatic N) is 2. The molecule has 0 radical (unpaired) electrons. The Morgan fingerprint density at radius 3 is 1.40 bits per heavy atom. The van der Waals surface area contributed by atoms with Crippen LogP contribution >= 0.6 is 0 Å². The van der Waals surface area contributed by atoms with Gasteiger partial charge in [-0.15, -0.1) is 0 Å². The van der Waals surface area contributed by atoms with Crippen LogP contribution in [0.5, 0.6) is 0 Å². The number of carbonyl (C=O) groups excluding carboxylic acids is 2. The second-order valence-corrected chi connectivity index (χ2v) is 3.84. The van der Waals surface area contributed by atoms with Gasteiger partial charge in [0, 0.05) is 0 Å². The SMILES string of the molecule is COC(=O)[C@@H](C#N)c1ccc([C@H](C#N)C(=O)OC)cc1. The smallest absolute Gasteiger partial charge is 0.327 e. The lowest BCUT2D eigenvalue weighted by Crippen LogP contribution is -2.14. The summed E-state index contributed by atoms with van der Waals surface area (Å²) < 4.78 is 9.05. The summed E-state index contributed by atoms with van der Waals surface area (Å²) in [5, 5.41) is 17.9. The van der Waals surface area contributed by atoms with E-state index >= 15 is 0 Å². The molecule has 1 aromatic carbocycles. The zero-order chi connectivity index (χ0) is 15.1. The first-order valence-corrected chi connectivity index (χ1v) is 5.63. The molecule has 2 atom stereocenters. The lowest BCUT2D eigenvalue weighted by atomic mass is 9.95. The summed E-state index contributed by atoms with van der Waals surface area (Å²) in [6.07, 6.45) is 0. The summed E-state index contributed by atoms with van der Waals surface area (Å²) in [5.41, 5.74) is 0.870. The van der Waals surface area contributed by atoms with E-state index in [2.05, 4.69) is 9.47 Å². The van der Waals surface area contributed by atoms with Crippen LogP contribution in [-0.2, 0) is 19.1 Å². The maximum Gasteiger partial charge on any atom is 0.327 e. The van der Waals surface area contributed by atoms with Gasteiger partial charge in [0.25, 0.3) is 0 Å². The van der Waals surface area contributed by atoms with Crippen LogP contribution in [0.1, 0.15) is 23.0 Å². The van der Waals surface area contributed by atoms with Gasteiger partial charge < -0.3 is 9.47 Å². The number of ether oxygens (including phenoxy) is 2. The van der Waals surface area contributed by atoms with Gasteiger partial charge in [-0.2, -0.15) is 10.5 Å². The second-order valence-electron chi connectivity index (χ2n) is 3.84. The van der Waals surface area contributed by atoms with E-state index in [1.54, 1.807) is 0 Å². The van der Waals surface area contributed by atoms with Crippen molar-refractivity contribution in [2.45, 2.75) is 11.8 Å². The van der Waals surface area contributed by atoms with Crippen molar-refractivity contribution in [3.8, 4) is 12.1 Å². The molecule has 0 aliphatic rings. The van der Waals surface area contributed by atoms with Gasteiger partial charge in [0.05, 0.1) is 26.4 Å². The maximum absolute atomic E-state index is 11.4. The molecule has 0 saturated heterocycles. The fourth-order valence-electron chi connectivity index (χ4n) is 1.64. The maximum atomic E-state index is 11.4. The number of benzene rings is 1. The molecule has 0 aliphatic carbocycles. The van der Waals surface area contributed by atoms with Crippen molar-refractivity contribution in [1.29, 1.82) is 10.5 Å². The fourth-order valence-corrected chi connectivity index (χ4v) is 1.64. The van der Waals surface area contributed by atoms with Gasteiger partial charge in [0.2, 0.25) is 0 Å². The largest absolute Gasteiger partial charge is 0.468 e. The molecule has 0 aliphatic heterocycles. The molecule has 0 heterocycles. The number of methoxy groups -OCH3 is 2. The van der Waals surface area contributed by atoms with Gasteiger partial charge in [-0.1, -0.05) is 24.3 Å². The van der Waals surface area contributed by atoms with E-state index < -0.39 is 23.8 Å². The zero-order valence-electron chi connectivity index (χ0n) is 11.0. The summed E-state index contributed by atoms with van der Waals surface area (Å²) in [4.78, 5) is 22.8. The predicted molar refractivity (Wildman–Crippen MR) is 67.2 cm³/mol. The van der Waals surface area contributed by atoms with Crippen molar-refractivity contribution in [2.24, 2.45) is 0 Å². The summed E-state index contributed by atoms with van der Waals surface area (Å²) in [6, 6.07) is 9.70. The van der Waals surface area contributed by atoms with Crippen LogP contribution in [0, 0.1) is 22.7 Å². The minimum absolute atomic E-state index is 0.435. The molecule has 0 saturated carbocycles. The Kier molecular flexibility index (Phi) is 5.25. The van der Waals surface area contributed by atoms with Crippen LogP contribution < -0.4 is 0 Å². The Hall–Kier alpha value is -2.86. The highest BCUT2D eigenvalue weighted by molar-refractivity contribution is 5.82. The van der Waals surface area contributed by atoms with Crippen LogP contribution in [-0.4, -0.2) is 26.2 Å². The lowest BCUT2D eigenvalue weighted by Gasteiger charge is -2.10. The van der Waals surface area contributed by atoms with Crippen molar-refractivity contribution < 1.29 is 19.1 Å². The Morgan fingerprint density at radius 1 is 0.900 bits per heavy atom. The van der Waals surface area contributed by atoms with Crippen molar-refractivity contribution >= 4 is 11.9 Å². The molecule has 0 fully saturated rings. The third-order valence-electron chi connectivity index (χ3n) is 2.74. The zero-order valence-corrected chi connectivity index (χ0v) is 11.0. The van der Waals surface area contributed by atoms with E-state index in [4.69, 9.17) is 10.5 Å². The van der Waals surface area contributed by atoms with Gasteiger partial charge in [-0.3, -0.25) is 9.59 Å². The van der Waals surface area contributed by atoms with Crippen molar-refractivity contribution in [2.75, 3.05) is 14.2 Å². The van der Waals surface area contributed by atoms with Gasteiger partial charge >= 0.3 is 11.9 Å². The van der Waals surface area contributed by atoms with Crippen LogP contribution in [0.4, 0.5) is 0 Å². The van der Waals surface area contributed by atoms with E-state index in [0.29, 0.717) is 11.1 Å². The summed E-state index contributed by atoms with van der Waals surface area (Å²) >= 11 is 0. The van der Waals surface area contributed by atoms with E-state index in [0.717, 1.165) is 0 Å². The van der Waals surface area contributed by atoms with E-state index in [1.165, 1.54) is 38.5 Å². The van der Waals surface area contributed by atoms with Crippen LogP contribution in [0.25, 0.3) is 0 Å². The number of esters is 2. The molecule has 6 heteroatoms. The van der Waals surface area contributed by atoms with Gasteiger partial charge in [0.15, 0.2) is 11.8 Å². The Balaban J connectivity index is 3.05. The van der Waals surface area contributed by atoms with Crippen LogP contribution in [0.3, 0.4) is 0 Å². The van der Waals surface area contributed by atoms with Crippen molar-refractivity contribution in [3.05, 3.63) is 35.4 Å². The van der Waals surface area contributed by atoms with Crippen LogP contribution in [0.15, 0.2) is 24.3 Å². The summed E-state index contributed by atoms with van der Waals surface area (Å²) in [5.74, 6) is -3.39. The predicted octanol–water partition coefficient (Wildman–Crippen LogP) is 1.25. The normalized spacial score (nSPS) is 12.4. The summed E-state index contributed by atoms with van der Waals surface area (Å²) in [6.45, 7) is 0. The first-order chi connectivity index (χ1) is 9.58. The summed E-state index contributed by atoms with van der Waals surface area (Å²) in [7, 11) is 2.40.